The lowest BCUT2D eigenvalue weighted by molar-refractivity contribution is 0.313. The van der Waals surface area contributed by atoms with E-state index in [2.05, 4.69) is 49.1 Å². The lowest BCUT2D eigenvalue weighted by atomic mass is 9.90. The van der Waals surface area contributed by atoms with Gasteiger partial charge in [0.15, 0.2) is 0 Å². The van der Waals surface area contributed by atoms with Crippen molar-refractivity contribution in [1.82, 2.24) is 35.5 Å². The molecule has 0 fully saturated rings. The van der Waals surface area contributed by atoms with E-state index >= 15 is 0 Å². The number of anilines is 1. The fourth-order valence-electron chi connectivity index (χ4n) is 3.83. The molecule has 4 aromatic rings. The van der Waals surface area contributed by atoms with Gasteiger partial charge in [0.25, 0.3) is 0 Å². The zero-order valence-corrected chi connectivity index (χ0v) is 15.9. The number of aromatic nitrogens is 6. The topological polar surface area (TPSA) is 120 Å². The van der Waals surface area contributed by atoms with Crippen molar-refractivity contribution in [2.75, 3.05) is 25.4 Å². The van der Waals surface area contributed by atoms with Crippen LogP contribution in [-0.4, -0.2) is 49.9 Å². The number of hydrogen-bond acceptors (Lipinski definition) is 7. The molecule has 4 bridgehead atoms. The van der Waals surface area contributed by atoms with Crippen molar-refractivity contribution in [2.45, 2.75) is 18.9 Å². The van der Waals surface area contributed by atoms with Crippen LogP contribution in [-0.2, 0) is 6.54 Å². The first-order chi connectivity index (χ1) is 14.3. The first kappa shape index (κ1) is 17.6. The van der Waals surface area contributed by atoms with Gasteiger partial charge in [-0.2, -0.15) is 15.4 Å². The average molecular weight is 390 g/mol. The van der Waals surface area contributed by atoms with E-state index < -0.39 is 0 Å². The van der Waals surface area contributed by atoms with E-state index in [4.69, 9.17) is 10.5 Å². The number of nitrogens with zero attached hydrogens (tertiary/aromatic N) is 5. The Morgan fingerprint density at radius 1 is 1.17 bits per heavy atom. The van der Waals surface area contributed by atoms with E-state index in [1.165, 1.54) is 0 Å². The van der Waals surface area contributed by atoms with Crippen molar-refractivity contribution in [3.63, 3.8) is 0 Å². The van der Waals surface area contributed by atoms with Gasteiger partial charge in [-0.25, -0.2) is 4.98 Å². The Kier molecular flexibility index (Phi) is 4.57. The minimum atomic E-state index is 0.0735. The smallest absolute Gasteiger partial charge is 0.203 e. The molecule has 0 aliphatic carbocycles. The van der Waals surface area contributed by atoms with Crippen LogP contribution in [0.3, 0.4) is 0 Å². The molecule has 1 unspecified atom stereocenters. The summed E-state index contributed by atoms with van der Waals surface area (Å²) in [4.78, 5) is 4.27. The lowest BCUT2D eigenvalue weighted by Gasteiger charge is -2.17. The number of nitrogens with two attached hydrogens (primary N) is 1. The van der Waals surface area contributed by atoms with Gasteiger partial charge >= 0.3 is 0 Å². The molecule has 9 nitrogen and oxygen atoms in total. The molecule has 29 heavy (non-hydrogen) atoms. The summed E-state index contributed by atoms with van der Waals surface area (Å²) in [7, 11) is 0. The minimum absolute atomic E-state index is 0.0735. The van der Waals surface area contributed by atoms with Crippen LogP contribution in [0.1, 0.15) is 29.0 Å². The van der Waals surface area contributed by atoms with Gasteiger partial charge in [-0.1, -0.05) is 12.1 Å². The molecular formula is C20H22N8O. The number of hydrogen-bond donors (Lipinski definition) is 3. The largest absolute Gasteiger partial charge is 0.492 e. The minimum Gasteiger partial charge on any atom is -0.492 e. The van der Waals surface area contributed by atoms with Gasteiger partial charge in [0.05, 0.1) is 12.7 Å². The number of benzene rings is 1. The molecule has 1 aromatic carbocycles. The summed E-state index contributed by atoms with van der Waals surface area (Å²) in [5.41, 5.74) is 10.6. The van der Waals surface area contributed by atoms with E-state index in [0.717, 1.165) is 47.5 Å². The van der Waals surface area contributed by atoms with Gasteiger partial charge in [0.1, 0.15) is 23.7 Å². The Morgan fingerprint density at radius 2 is 2.14 bits per heavy atom. The molecule has 4 heterocycles. The summed E-state index contributed by atoms with van der Waals surface area (Å²) >= 11 is 0. The van der Waals surface area contributed by atoms with Gasteiger partial charge in [-0.15, -0.1) is 5.10 Å². The van der Waals surface area contributed by atoms with Crippen molar-refractivity contribution < 1.29 is 4.74 Å². The predicted octanol–water partition coefficient (Wildman–Crippen LogP) is 1.68. The van der Waals surface area contributed by atoms with Crippen LogP contribution in [0.15, 0.2) is 42.7 Å². The summed E-state index contributed by atoms with van der Waals surface area (Å²) in [5.74, 6) is 1.39. The Morgan fingerprint density at radius 3 is 3.10 bits per heavy atom. The monoisotopic (exact) mass is 390 g/mol. The Balaban J connectivity index is 1.55. The number of aromatic amines is 1. The number of ether oxygens (including phenoxy) is 1. The van der Waals surface area contributed by atoms with Gasteiger partial charge in [-0.3, -0.25) is 4.68 Å². The maximum atomic E-state index is 6.04. The van der Waals surface area contributed by atoms with Crippen LogP contribution in [0.25, 0.3) is 11.2 Å². The Labute approximate surface area is 167 Å². The molecule has 1 aliphatic heterocycles. The number of H-pyrrole nitrogens is 1. The second-order valence-electron chi connectivity index (χ2n) is 7.19. The van der Waals surface area contributed by atoms with Gasteiger partial charge in [0, 0.05) is 18.7 Å². The highest BCUT2D eigenvalue weighted by molar-refractivity contribution is 5.77. The summed E-state index contributed by atoms with van der Waals surface area (Å²) < 4.78 is 7.81. The highest BCUT2D eigenvalue weighted by atomic mass is 16.5. The van der Waals surface area contributed by atoms with Gasteiger partial charge in [0.2, 0.25) is 5.65 Å². The molecule has 5 rings (SSSR count). The first-order valence-corrected chi connectivity index (χ1v) is 9.68. The summed E-state index contributed by atoms with van der Waals surface area (Å²) in [5, 5.41) is 19.1. The van der Waals surface area contributed by atoms with E-state index in [-0.39, 0.29) is 5.92 Å². The summed E-state index contributed by atoms with van der Waals surface area (Å²) in [6.45, 7) is 2.89. The van der Waals surface area contributed by atoms with E-state index in [9.17, 15) is 0 Å². The van der Waals surface area contributed by atoms with Crippen molar-refractivity contribution in [1.29, 1.82) is 0 Å². The third kappa shape index (κ3) is 3.64. The maximum Gasteiger partial charge on any atom is 0.203 e. The zero-order valence-electron chi connectivity index (χ0n) is 15.9. The summed E-state index contributed by atoms with van der Waals surface area (Å²) in [6.07, 6.45) is 4.88. The molecule has 4 N–H and O–H groups in total. The van der Waals surface area contributed by atoms with Crippen LogP contribution in [0.4, 0.5) is 5.82 Å². The number of pyridine rings is 1. The molecule has 0 spiro atoms. The standard InChI is InChI=1S/C20H22N8O/c21-18-9-17(19-20(24-18)26-27-25-19)16-4-5-22-6-7-29-15-3-1-2-13(8-15)11-28-12-14(16)10-23-28/h1-3,8-10,12,16,22H,4-7,11H2,(H3,21,24,25,26,27). The highest BCUT2D eigenvalue weighted by Crippen LogP contribution is 2.32. The number of nitrogens with one attached hydrogen (secondary N) is 2. The van der Waals surface area contributed by atoms with E-state index in [0.29, 0.717) is 24.6 Å². The maximum absolute atomic E-state index is 6.04. The van der Waals surface area contributed by atoms with Crippen LogP contribution >= 0.6 is 0 Å². The molecule has 148 valence electrons. The van der Waals surface area contributed by atoms with Crippen LogP contribution in [0.2, 0.25) is 0 Å². The van der Waals surface area contributed by atoms with Crippen molar-refractivity contribution >= 4 is 17.0 Å². The molecule has 3 aromatic heterocycles. The van der Waals surface area contributed by atoms with Gasteiger partial charge < -0.3 is 15.8 Å². The Bertz CT molecular complexity index is 1130. The van der Waals surface area contributed by atoms with Crippen molar-refractivity contribution in [3.8, 4) is 5.75 Å². The fourth-order valence-corrected chi connectivity index (χ4v) is 3.83. The predicted molar refractivity (Wildman–Crippen MR) is 109 cm³/mol. The molecule has 0 radical (unpaired) electrons. The molecule has 0 saturated heterocycles. The van der Waals surface area contributed by atoms with E-state index in [1.807, 2.05) is 29.1 Å². The quantitative estimate of drug-likeness (QED) is 0.452. The molecule has 0 saturated carbocycles. The zero-order chi connectivity index (χ0) is 19.6. The second kappa shape index (κ2) is 7.51. The molecule has 9 heteroatoms. The van der Waals surface area contributed by atoms with E-state index in [1.54, 1.807) is 0 Å². The number of rotatable bonds is 1. The van der Waals surface area contributed by atoms with Crippen LogP contribution in [0.5, 0.6) is 5.75 Å². The SMILES string of the molecule is Nc1cc(C2CCNCCOc3cccc(c3)Cn3cc2cn3)c2n[nH]nc2n1. The molecule has 1 aliphatic rings. The lowest BCUT2D eigenvalue weighted by Crippen LogP contribution is -2.24. The number of fused-ring (bicyclic) bond motifs is 5. The number of nitrogen functional groups attached to an aromatic ring is 1. The second-order valence-corrected chi connectivity index (χ2v) is 7.19. The third-order valence-electron chi connectivity index (χ3n) is 5.17. The molecular weight excluding hydrogens is 368 g/mol. The normalized spacial score (nSPS) is 17.6. The fraction of sp³-hybridized carbons (Fsp3) is 0.300. The third-order valence-corrected chi connectivity index (χ3v) is 5.17. The van der Waals surface area contributed by atoms with Crippen LogP contribution < -0.4 is 15.8 Å². The highest BCUT2D eigenvalue weighted by Gasteiger charge is 2.22. The van der Waals surface area contributed by atoms with Gasteiger partial charge in [-0.05, 0) is 47.9 Å². The summed E-state index contributed by atoms with van der Waals surface area (Å²) in [6, 6.07) is 10.0. The molecule has 0 amide bonds. The van der Waals surface area contributed by atoms with Crippen LogP contribution in [0, 0.1) is 0 Å². The van der Waals surface area contributed by atoms with Crippen molar-refractivity contribution in [3.05, 3.63) is 59.4 Å². The first-order valence-electron chi connectivity index (χ1n) is 9.68. The average Bonchev–Trinajstić information content (AvgIpc) is 3.36. The van der Waals surface area contributed by atoms with Crippen molar-refractivity contribution in [2.24, 2.45) is 0 Å². The molecule has 1 atom stereocenters. The Hall–Kier alpha value is -3.46.